The van der Waals surface area contributed by atoms with Gasteiger partial charge in [-0.1, -0.05) is 18.2 Å². The van der Waals surface area contributed by atoms with Gasteiger partial charge in [0, 0.05) is 42.1 Å². The van der Waals surface area contributed by atoms with Gasteiger partial charge in [0.25, 0.3) is 0 Å². The minimum atomic E-state index is -0.400. The Bertz CT molecular complexity index is 1870. The largest absolute Gasteiger partial charge is 0.633 e. The van der Waals surface area contributed by atoms with Gasteiger partial charge in [-0.25, -0.2) is 0 Å². The summed E-state index contributed by atoms with van der Waals surface area (Å²) in [4.78, 5) is 2.32. The first-order valence-electron chi connectivity index (χ1n) is 16.6. The summed E-state index contributed by atoms with van der Waals surface area (Å²) >= 11 is 0. The van der Waals surface area contributed by atoms with Crippen molar-refractivity contribution in [2.75, 3.05) is 62.7 Å². The second-order valence-electron chi connectivity index (χ2n) is 13.2. The Morgan fingerprint density at radius 3 is 2.12 bits per heavy atom. The third-order valence-electron chi connectivity index (χ3n) is 10.4. The second-order valence-corrected chi connectivity index (χ2v) is 13.2. The van der Waals surface area contributed by atoms with Crippen molar-refractivity contribution in [3.63, 3.8) is 0 Å². The number of rotatable bonds is 5. The molecule has 0 amide bonds. The zero-order chi connectivity index (χ0) is 34.4. The van der Waals surface area contributed by atoms with Crippen LogP contribution in [0.2, 0.25) is 0 Å². The molecule has 4 aromatic rings. The Kier molecular flexibility index (Phi) is 8.73. The summed E-state index contributed by atoms with van der Waals surface area (Å²) in [5.41, 5.74) is 6.10. The van der Waals surface area contributed by atoms with Crippen LogP contribution in [0.4, 0.5) is 0 Å². The maximum atomic E-state index is 14.1. The minimum Gasteiger partial charge on any atom is -0.633 e. The molecule has 4 aliphatic rings. The highest BCUT2D eigenvalue weighted by Gasteiger charge is 2.37. The van der Waals surface area contributed by atoms with Crippen molar-refractivity contribution in [2.24, 2.45) is 0 Å². The molecule has 0 aliphatic carbocycles. The zero-order valence-electron chi connectivity index (χ0n) is 29.3. The number of likely N-dealkylation sites (N-methyl/N-ethyl adjacent to an activating group) is 2. The van der Waals surface area contributed by atoms with E-state index in [0.29, 0.717) is 77.6 Å². The lowest BCUT2D eigenvalue weighted by Gasteiger charge is -2.49. The number of hydroxylamine groups is 3. The van der Waals surface area contributed by atoms with Gasteiger partial charge < -0.3 is 43.0 Å². The Hall–Kier alpha value is -4.64. The predicted octanol–water partition coefficient (Wildman–Crippen LogP) is 7.18. The van der Waals surface area contributed by atoms with E-state index in [9.17, 15) is 5.21 Å². The van der Waals surface area contributed by atoms with Crippen LogP contribution in [0.5, 0.6) is 51.7 Å². The normalized spacial score (nSPS) is 21.3. The van der Waals surface area contributed by atoms with E-state index in [4.69, 9.17) is 33.2 Å². The molecule has 0 aromatic heterocycles. The van der Waals surface area contributed by atoms with E-state index in [1.165, 1.54) is 0 Å². The number of benzene rings is 4. The molecular formula is C39H44N2O8. The standard InChI is InChI=1S/C39H44N2O8/c1-40-16-14-25-21-34(45-5)37(47-7)39-35(25)29(40)19-26-10-13-31(43-3)38(36(26)46-6)48-27-11-8-23(9-12-27)18-30-28-22-33(49-39)32(44-4)20-24(28)15-17-41(30,2)42/h8-13,20-22,29-30H,14-19H2,1-7H3/t29-,30+,41+/m0/s1. The number of hydrogen-bond acceptors (Lipinski definition) is 9. The third-order valence-corrected chi connectivity index (χ3v) is 10.4. The second kappa shape index (κ2) is 13.0. The molecule has 0 spiro atoms. The summed E-state index contributed by atoms with van der Waals surface area (Å²) in [5.74, 6) is 5.03. The third kappa shape index (κ3) is 5.77. The van der Waals surface area contributed by atoms with Crippen LogP contribution >= 0.6 is 0 Å². The van der Waals surface area contributed by atoms with Crippen molar-refractivity contribution in [2.45, 2.75) is 37.8 Å². The van der Waals surface area contributed by atoms with Crippen LogP contribution in [0, 0.1) is 5.21 Å². The maximum Gasteiger partial charge on any atom is 0.211 e. The van der Waals surface area contributed by atoms with Crippen molar-refractivity contribution in [3.8, 4) is 51.7 Å². The highest BCUT2D eigenvalue weighted by Crippen LogP contribution is 2.53. The summed E-state index contributed by atoms with van der Waals surface area (Å²) in [6.45, 7) is 1.29. The molecule has 8 rings (SSSR count). The van der Waals surface area contributed by atoms with Crippen LogP contribution in [0.25, 0.3) is 0 Å². The lowest BCUT2D eigenvalue weighted by Crippen LogP contribution is -2.47. The van der Waals surface area contributed by atoms with E-state index < -0.39 is 4.65 Å². The molecule has 258 valence electrons. The van der Waals surface area contributed by atoms with E-state index in [-0.39, 0.29) is 12.1 Å². The molecule has 0 N–H and O–H groups in total. The summed E-state index contributed by atoms with van der Waals surface area (Å²) < 4.78 is 42.8. The molecular weight excluding hydrogens is 624 g/mol. The topological polar surface area (TPSA) is 90.9 Å². The molecule has 0 saturated heterocycles. The van der Waals surface area contributed by atoms with E-state index in [0.717, 1.165) is 46.3 Å². The number of ether oxygens (including phenoxy) is 7. The van der Waals surface area contributed by atoms with Gasteiger partial charge in [-0.05, 0) is 73.0 Å². The highest BCUT2D eigenvalue weighted by molar-refractivity contribution is 5.64. The average Bonchev–Trinajstić information content (AvgIpc) is 3.10. The molecule has 6 bridgehead atoms. The number of fused-ring (bicyclic) bond motifs is 2. The minimum absolute atomic E-state index is 0.134. The molecule has 4 aromatic carbocycles. The van der Waals surface area contributed by atoms with Crippen LogP contribution in [0.15, 0.2) is 54.6 Å². The maximum absolute atomic E-state index is 14.1. The van der Waals surface area contributed by atoms with Crippen LogP contribution in [0.1, 0.15) is 45.5 Å². The van der Waals surface area contributed by atoms with Gasteiger partial charge in [-0.2, -0.15) is 0 Å². The Labute approximate surface area is 287 Å². The Morgan fingerprint density at radius 1 is 0.714 bits per heavy atom. The van der Waals surface area contributed by atoms with Gasteiger partial charge in [-0.15, -0.1) is 0 Å². The smallest absolute Gasteiger partial charge is 0.211 e. The lowest BCUT2D eigenvalue weighted by molar-refractivity contribution is -0.894. The van der Waals surface area contributed by atoms with Gasteiger partial charge in [-0.3, -0.25) is 4.90 Å². The lowest BCUT2D eigenvalue weighted by atomic mass is 9.87. The first-order valence-corrected chi connectivity index (χ1v) is 16.6. The van der Waals surface area contributed by atoms with Crippen LogP contribution < -0.4 is 33.2 Å². The number of quaternary nitrogens is 1. The molecule has 0 saturated carbocycles. The molecule has 0 unspecified atom stereocenters. The summed E-state index contributed by atoms with van der Waals surface area (Å²) in [7, 11) is 12.1. The van der Waals surface area contributed by atoms with Crippen LogP contribution in [-0.4, -0.2) is 72.3 Å². The summed E-state index contributed by atoms with van der Waals surface area (Å²) in [6, 6.07) is 17.4. The van der Waals surface area contributed by atoms with Gasteiger partial charge in [0.15, 0.2) is 34.5 Å². The summed E-state index contributed by atoms with van der Waals surface area (Å²) in [6.07, 6.45) is 2.54. The molecule has 4 heterocycles. The molecule has 49 heavy (non-hydrogen) atoms. The van der Waals surface area contributed by atoms with Crippen molar-refractivity contribution in [1.82, 2.24) is 4.90 Å². The Morgan fingerprint density at radius 2 is 1.43 bits per heavy atom. The molecule has 0 radical (unpaired) electrons. The summed E-state index contributed by atoms with van der Waals surface area (Å²) in [5, 5.41) is 14.1. The number of nitrogens with zero attached hydrogens (tertiary/aromatic N) is 2. The van der Waals surface area contributed by atoms with Gasteiger partial charge in [0.05, 0.1) is 49.1 Å². The highest BCUT2D eigenvalue weighted by atomic mass is 16.6. The van der Waals surface area contributed by atoms with E-state index >= 15 is 0 Å². The Balaban J connectivity index is 1.51. The predicted molar refractivity (Wildman–Crippen MR) is 186 cm³/mol. The van der Waals surface area contributed by atoms with E-state index in [1.54, 1.807) is 42.6 Å². The SMILES string of the molecule is COc1cc2c3cc1Oc1c(OC)c(OC)cc4c1[C@H](Cc1ccc(OC)c(c1OC)Oc1ccc(cc1)C[C@H]3[N@+](C)([O-])CC2)N(C)CC4. The molecule has 3 atom stereocenters. The first kappa shape index (κ1) is 32.9. The van der Waals surface area contributed by atoms with E-state index in [2.05, 4.69) is 18.0 Å². The fourth-order valence-electron chi connectivity index (χ4n) is 7.69. The number of methoxy groups -OCH3 is 5. The molecule has 4 aliphatic heterocycles. The number of hydrogen-bond donors (Lipinski definition) is 0. The van der Waals surface area contributed by atoms with Gasteiger partial charge >= 0.3 is 0 Å². The van der Waals surface area contributed by atoms with Crippen molar-refractivity contribution in [1.29, 1.82) is 0 Å². The van der Waals surface area contributed by atoms with Crippen molar-refractivity contribution in [3.05, 3.63) is 93.2 Å². The van der Waals surface area contributed by atoms with Crippen molar-refractivity contribution >= 4 is 0 Å². The molecule has 10 nitrogen and oxygen atoms in total. The average molecular weight is 669 g/mol. The fourth-order valence-corrected chi connectivity index (χ4v) is 7.69. The quantitative estimate of drug-likeness (QED) is 0.162. The van der Waals surface area contributed by atoms with Crippen LogP contribution in [-0.2, 0) is 25.7 Å². The van der Waals surface area contributed by atoms with E-state index in [1.807, 2.05) is 48.5 Å². The molecule has 10 heteroatoms. The molecule has 0 fully saturated rings. The zero-order valence-corrected chi connectivity index (χ0v) is 29.3. The van der Waals surface area contributed by atoms with Crippen LogP contribution in [0.3, 0.4) is 0 Å². The first-order chi connectivity index (χ1) is 23.7. The fraction of sp³-hybridized carbons (Fsp3) is 0.385. The van der Waals surface area contributed by atoms with Crippen molar-refractivity contribution < 1.29 is 37.8 Å². The van der Waals surface area contributed by atoms with Gasteiger partial charge in [0.1, 0.15) is 11.8 Å². The van der Waals surface area contributed by atoms with Gasteiger partial charge in [0.2, 0.25) is 11.5 Å². The monoisotopic (exact) mass is 668 g/mol.